The number of phenolic OH excluding ortho intramolecular Hbond substituents is 1. The molecule has 4 aromatic rings. The second-order valence-corrected chi connectivity index (χ2v) is 8.03. The minimum atomic E-state index is -1.02. The average Bonchev–Trinajstić information content (AvgIpc) is 2.80. The third-order valence-corrected chi connectivity index (χ3v) is 5.91. The average molecular weight is 440 g/mol. The zero-order valence-corrected chi connectivity index (χ0v) is 17.8. The standard InChI is InChI=1S/C27H20O6/c1-15(28)32-21-11-5-8-17-14-18-12-13-22(25(29)24(18)26(30)23(17)21)33-27(31)20-10-4-7-16-6-2-3-9-19(16)20/h2-11,14,22,30H,12-13H2,1H3/t22-/m0/s1. The van der Waals surface area contributed by atoms with Crippen molar-refractivity contribution in [3.8, 4) is 11.5 Å². The molecule has 0 radical (unpaired) electrons. The van der Waals surface area contributed by atoms with Crippen molar-refractivity contribution in [3.05, 3.63) is 83.4 Å². The lowest BCUT2D eigenvalue weighted by molar-refractivity contribution is -0.131. The molecule has 1 aliphatic carbocycles. The molecular formula is C27H20O6. The molecule has 0 aliphatic heterocycles. The normalized spacial score (nSPS) is 15.3. The van der Waals surface area contributed by atoms with E-state index in [9.17, 15) is 19.5 Å². The molecule has 1 atom stereocenters. The smallest absolute Gasteiger partial charge is 0.339 e. The van der Waals surface area contributed by atoms with E-state index in [1.807, 2.05) is 30.3 Å². The highest BCUT2D eigenvalue weighted by Crippen LogP contribution is 2.41. The Kier molecular flexibility index (Phi) is 5.05. The maximum Gasteiger partial charge on any atom is 0.339 e. The summed E-state index contributed by atoms with van der Waals surface area (Å²) in [6.45, 7) is 1.27. The van der Waals surface area contributed by atoms with Gasteiger partial charge in [0.15, 0.2) is 6.10 Å². The van der Waals surface area contributed by atoms with Crippen LogP contribution in [0.1, 0.15) is 39.6 Å². The first-order valence-electron chi connectivity index (χ1n) is 10.6. The van der Waals surface area contributed by atoms with Crippen LogP contribution in [0, 0.1) is 0 Å². The fraction of sp³-hybridized carbons (Fsp3) is 0.148. The van der Waals surface area contributed by atoms with Crippen LogP contribution in [0.25, 0.3) is 21.5 Å². The van der Waals surface area contributed by atoms with Crippen molar-refractivity contribution in [2.24, 2.45) is 0 Å². The number of Topliss-reactive ketones (excluding diaryl/α,β-unsaturated/α-hetero) is 1. The molecule has 0 saturated carbocycles. The topological polar surface area (TPSA) is 89.9 Å². The van der Waals surface area contributed by atoms with Crippen LogP contribution in [0.2, 0.25) is 0 Å². The lowest BCUT2D eigenvalue weighted by Crippen LogP contribution is -2.32. The van der Waals surface area contributed by atoms with Gasteiger partial charge in [-0.1, -0.05) is 54.6 Å². The van der Waals surface area contributed by atoms with Crippen LogP contribution < -0.4 is 4.74 Å². The Morgan fingerprint density at radius 2 is 1.70 bits per heavy atom. The van der Waals surface area contributed by atoms with Gasteiger partial charge in [0.1, 0.15) is 11.5 Å². The number of hydrogen-bond acceptors (Lipinski definition) is 6. The van der Waals surface area contributed by atoms with Crippen molar-refractivity contribution in [3.63, 3.8) is 0 Å². The lowest BCUT2D eigenvalue weighted by Gasteiger charge is -2.25. The van der Waals surface area contributed by atoms with E-state index in [-0.39, 0.29) is 22.4 Å². The molecule has 5 rings (SSSR count). The Bertz CT molecular complexity index is 1450. The van der Waals surface area contributed by atoms with Crippen molar-refractivity contribution >= 4 is 39.3 Å². The quantitative estimate of drug-likeness (QED) is 0.357. The van der Waals surface area contributed by atoms with Crippen molar-refractivity contribution in [2.75, 3.05) is 0 Å². The molecule has 33 heavy (non-hydrogen) atoms. The molecule has 0 heterocycles. The van der Waals surface area contributed by atoms with Crippen LogP contribution in [-0.4, -0.2) is 28.9 Å². The van der Waals surface area contributed by atoms with E-state index in [0.717, 1.165) is 10.8 Å². The first kappa shape index (κ1) is 20.7. The highest BCUT2D eigenvalue weighted by atomic mass is 16.5. The summed E-state index contributed by atoms with van der Waals surface area (Å²) in [4.78, 5) is 37.8. The third-order valence-electron chi connectivity index (χ3n) is 5.91. The van der Waals surface area contributed by atoms with Crippen molar-refractivity contribution in [1.29, 1.82) is 0 Å². The van der Waals surface area contributed by atoms with Crippen LogP contribution in [0.15, 0.2) is 66.7 Å². The maximum atomic E-state index is 13.3. The minimum Gasteiger partial charge on any atom is -0.506 e. The zero-order chi connectivity index (χ0) is 23.1. The van der Waals surface area contributed by atoms with Gasteiger partial charge in [0.25, 0.3) is 0 Å². The van der Waals surface area contributed by atoms with Gasteiger partial charge in [0.2, 0.25) is 5.78 Å². The van der Waals surface area contributed by atoms with Crippen LogP contribution >= 0.6 is 0 Å². The van der Waals surface area contributed by atoms with Crippen LogP contribution in [0.5, 0.6) is 11.5 Å². The highest BCUT2D eigenvalue weighted by molar-refractivity contribution is 6.12. The van der Waals surface area contributed by atoms with E-state index < -0.39 is 23.8 Å². The number of fused-ring (bicyclic) bond motifs is 3. The number of ketones is 1. The maximum absolute atomic E-state index is 13.3. The van der Waals surface area contributed by atoms with E-state index in [1.165, 1.54) is 6.92 Å². The number of esters is 2. The Balaban J connectivity index is 1.51. The van der Waals surface area contributed by atoms with Gasteiger partial charge in [-0.3, -0.25) is 9.59 Å². The molecule has 6 heteroatoms. The number of rotatable bonds is 3. The van der Waals surface area contributed by atoms with Gasteiger partial charge in [-0.25, -0.2) is 4.79 Å². The largest absolute Gasteiger partial charge is 0.506 e. The van der Waals surface area contributed by atoms with Gasteiger partial charge in [0, 0.05) is 6.92 Å². The van der Waals surface area contributed by atoms with E-state index in [2.05, 4.69) is 0 Å². The molecule has 0 fully saturated rings. The van der Waals surface area contributed by atoms with Gasteiger partial charge >= 0.3 is 11.9 Å². The molecule has 4 aromatic carbocycles. The molecule has 164 valence electrons. The van der Waals surface area contributed by atoms with Crippen LogP contribution in [0.4, 0.5) is 0 Å². The number of aromatic hydroxyl groups is 1. The summed E-state index contributed by atoms with van der Waals surface area (Å²) in [5.74, 6) is -1.69. The number of phenols is 1. The second-order valence-electron chi connectivity index (χ2n) is 8.03. The summed E-state index contributed by atoms with van der Waals surface area (Å²) in [5.41, 5.74) is 1.15. The number of aryl methyl sites for hydroxylation is 1. The molecule has 1 aliphatic rings. The fourth-order valence-electron chi connectivity index (χ4n) is 4.46. The SMILES string of the molecule is CC(=O)Oc1cccc2cc3c(c(O)c12)C(=O)[C@@H](OC(=O)c1cccc2ccccc12)CC3. The monoisotopic (exact) mass is 440 g/mol. The van der Waals surface area contributed by atoms with Crippen molar-refractivity contribution < 1.29 is 29.0 Å². The molecule has 1 N–H and O–H groups in total. The van der Waals surface area contributed by atoms with Crippen molar-refractivity contribution in [2.45, 2.75) is 25.9 Å². The summed E-state index contributed by atoms with van der Waals surface area (Å²) in [5, 5.41) is 13.6. The van der Waals surface area contributed by atoms with Crippen molar-refractivity contribution in [1.82, 2.24) is 0 Å². The number of carbonyl (C=O) groups excluding carboxylic acids is 3. The molecule has 0 bridgehead atoms. The Morgan fingerprint density at radius 3 is 2.52 bits per heavy atom. The molecule has 0 spiro atoms. The fourth-order valence-corrected chi connectivity index (χ4v) is 4.46. The highest BCUT2D eigenvalue weighted by Gasteiger charge is 2.34. The number of hydrogen-bond donors (Lipinski definition) is 1. The predicted octanol–water partition coefficient (Wildman–Crippen LogP) is 4.98. The number of benzene rings is 4. The first-order chi connectivity index (χ1) is 15.9. The summed E-state index contributed by atoms with van der Waals surface area (Å²) in [7, 11) is 0. The van der Waals surface area contributed by atoms with E-state index in [0.29, 0.717) is 29.4 Å². The van der Waals surface area contributed by atoms with E-state index in [4.69, 9.17) is 9.47 Å². The number of ether oxygens (including phenoxy) is 2. The Hall–Kier alpha value is -4.19. The molecular weight excluding hydrogens is 420 g/mol. The summed E-state index contributed by atoms with van der Waals surface area (Å²) in [6, 6.07) is 19.6. The number of carbonyl (C=O) groups is 3. The summed E-state index contributed by atoms with van der Waals surface area (Å²) in [6.07, 6.45) is -0.250. The molecule has 0 aromatic heterocycles. The van der Waals surface area contributed by atoms with Gasteiger partial charge in [-0.15, -0.1) is 0 Å². The van der Waals surface area contributed by atoms with Crippen LogP contribution in [0.3, 0.4) is 0 Å². The van der Waals surface area contributed by atoms with E-state index >= 15 is 0 Å². The Labute approximate surface area is 189 Å². The second kappa shape index (κ2) is 8.06. The third kappa shape index (κ3) is 3.59. The minimum absolute atomic E-state index is 0.101. The van der Waals surface area contributed by atoms with Gasteiger partial charge in [0.05, 0.1) is 16.5 Å². The predicted molar refractivity (Wildman–Crippen MR) is 123 cm³/mol. The molecule has 0 unspecified atom stereocenters. The zero-order valence-electron chi connectivity index (χ0n) is 17.8. The molecule has 0 amide bonds. The van der Waals surface area contributed by atoms with Gasteiger partial charge < -0.3 is 14.6 Å². The summed E-state index contributed by atoms with van der Waals surface area (Å²) >= 11 is 0. The molecule has 0 saturated heterocycles. The summed E-state index contributed by atoms with van der Waals surface area (Å²) < 4.78 is 10.9. The van der Waals surface area contributed by atoms with E-state index in [1.54, 1.807) is 36.4 Å². The van der Waals surface area contributed by atoms with Gasteiger partial charge in [-0.2, -0.15) is 0 Å². The first-order valence-corrected chi connectivity index (χ1v) is 10.6. The van der Waals surface area contributed by atoms with Crippen LogP contribution in [-0.2, 0) is 16.0 Å². The van der Waals surface area contributed by atoms with Gasteiger partial charge in [-0.05, 0) is 46.7 Å². The Morgan fingerprint density at radius 1 is 0.970 bits per heavy atom. The lowest BCUT2D eigenvalue weighted by atomic mass is 9.85. The molecule has 6 nitrogen and oxygen atoms in total.